The highest BCUT2D eigenvalue weighted by Crippen LogP contribution is 2.34. The minimum absolute atomic E-state index is 0.124. The first-order valence-electron chi connectivity index (χ1n) is 3.53. The van der Waals surface area contributed by atoms with Crippen molar-refractivity contribution >= 4 is 12.6 Å². The van der Waals surface area contributed by atoms with Gasteiger partial charge in [0.1, 0.15) is 4.75 Å². The lowest BCUT2D eigenvalue weighted by Crippen LogP contribution is -2.42. The highest BCUT2D eigenvalue weighted by atomic mass is 32.1. The maximum absolute atomic E-state index is 5.08. The van der Waals surface area contributed by atoms with Crippen molar-refractivity contribution < 1.29 is 4.74 Å². The molecule has 2 rings (SSSR count). The van der Waals surface area contributed by atoms with Crippen LogP contribution < -0.4 is 0 Å². The van der Waals surface area contributed by atoms with Gasteiger partial charge in [-0.1, -0.05) is 6.07 Å². The van der Waals surface area contributed by atoms with Crippen LogP contribution in [0, 0.1) is 0 Å². The molecule has 0 amide bonds. The van der Waals surface area contributed by atoms with Crippen LogP contribution in [0.2, 0.25) is 0 Å². The van der Waals surface area contributed by atoms with Crippen LogP contribution in [-0.4, -0.2) is 18.2 Å². The quantitative estimate of drug-likeness (QED) is 0.636. The standard InChI is InChI=1S/C8H9NOS/c11-8(5-10-6-8)7-3-1-2-4-9-7/h1-4,11H,5-6H2. The first-order valence-corrected chi connectivity index (χ1v) is 3.98. The van der Waals surface area contributed by atoms with Crippen LogP contribution >= 0.6 is 12.6 Å². The fraction of sp³-hybridized carbons (Fsp3) is 0.375. The lowest BCUT2D eigenvalue weighted by Gasteiger charge is -2.36. The molecular weight excluding hydrogens is 158 g/mol. The summed E-state index contributed by atoms with van der Waals surface area (Å²) in [6.45, 7) is 1.35. The highest BCUT2D eigenvalue weighted by molar-refractivity contribution is 7.81. The minimum atomic E-state index is -0.124. The Morgan fingerprint density at radius 2 is 2.27 bits per heavy atom. The Hall–Kier alpha value is -0.540. The van der Waals surface area contributed by atoms with Gasteiger partial charge in [0.25, 0.3) is 0 Å². The smallest absolute Gasteiger partial charge is 0.102 e. The van der Waals surface area contributed by atoms with Crippen molar-refractivity contribution in [2.75, 3.05) is 13.2 Å². The number of nitrogens with zero attached hydrogens (tertiary/aromatic N) is 1. The number of hydrogen-bond acceptors (Lipinski definition) is 3. The van der Waals surface area contributed by atoms with Gasteiger partial charge in [0.15, 0.2) is 0 Å². The third-order valence-corrected chi connectivity index (χ3v) is 2.31. The van der Waals surface area contributed by atoms with Crippen molar-refractivity contribution in [1.82, 2.24) is 4.98 Å². The minimum Gasteiger partial charge on any atom is -0.378 e. The van der Waals surface area contributed by atoms with E-state index < -0.39 is 0 Å². The van der Waals surface area contributed by atoms with E-state index in [1.807, 2.05) is 18.2 Å². The summed E-state index contributed by atoms with van der Waals surface area (Å²) in [6.07, 6.45) is 1.78. The zero-order valence-corrected chi connectivity index (χ0v) is 6.92. The van der Waals surface area contributed by atoms with E-state index in [9.17, 15) is 0 Å². The molecule has 0 atom stereocenters. The Kier molecular flexibility index (Phi) is 1.62. The second kappa shape index (κ2) is 2.50. The summed E-state index contributed by atoms with van der Waals surface area (Å²) in [5, 5.41) is 0. The van der Waals surface area contributed by atoms with Gasteiger partial charge in [0.2, 0.25) is 0 Å². The summed E-state index contributed by atoms with van der Waals surface area (Å²) < 4.78 is 4.95. The van der Waals surface area contributed by atoms with Crippen LogP contribution in [-0.2, 0) is 9.48 Å². The first kappa shape index (κ1) is 7.13. The molecule has 11 heavy (non-hydrogen) atoms. The fourth-order valence-corrected chi connectivity index (χ4v) is 1.40. The maximum Gasteiger partial charge on any atom is 0.102 e. The van der Waals surface area contributed by atoms with Gasteiger partial charge < -0.3 is 4.74 Å². The average Bonchev–Trinajstić information content (AvgIpc) is 2.02. The Bertz CT molecular complexity index is 246. The van der Waals surface area contributed by atoms with Crippen LogP contribution in [0.1, 0.15) is 5.69 Å². The van der Waals surface area contributed by atoms with Crippen molar-refractivity contribution in [3.05, 3.63) is 30.1 Å². The van der Waals surface area contributed by atoms with E-state index in [0.29, 0.717) is 13.2 Å². The lowest BCUT2D eigenvalue weighted by molar-refractivity contribution is -0.0115. The molecule has 58 valence electrons. The molecule has 0 spiro atoms. The molecule has 0 saturated carbocycles. The monoisotopic (exact) mass is 167 g/mol. The van der Waals surface area contributed by atoms with Crippen molar-refractivity contribution in [2.45, 2.75) is 4.75 Å². The average molecular weight is 167 g/mol. The molecule has 1 aromatic rings. The van der Waals surface area contributed by atoms with Gasteiger partial charge in [-0.05, 0) is 12.1 Å². The van der Waals surface area contributed by atoms with E-state index >= 15 is 0 Å². The number of aromatic nitrogens is 1. The topological polar surface area (TPSA) is 22.1 Å². The number of pyridine rings is 1. The summed E-state index contributed by atoms with van der Waals surface area (Å²) in [6, 6.07) is 5.86. The molecule has 0 radical (unpaired) electrons. The summed E-state index contributed by atoms with van der Waals surface area (Å²) in [7, 11) is 0. The predicted octanol–water partition coefficient (Wildman–Crippen LogP) is 1.24. The van der Waals surface area contributed by atoms with Crippen LogP contribution in [0.5, 0.6) is 0 Å². The van der Waals surface area contributed by atoms with Crippen molar-refractivity contribution in [2.24, 2.45) is 0 Å². The van der Waals surface area contributed by atoms with Gasteiger partial charge in [-0.25, -0.2) is 0 Å². The zero-order valence-electron chi connectivity index (χ0n) is 6.03. The van der Waals surface area contributed by atoms with E-state index in [4.69, 9.17) is 4.74 Å². The van der Waals surface area contributed by atoms with Crippen molar-refractivity contribution in [3.8, 4) is 0 Å². The van der Waals surface area contributed by atoms with Crippen LogP contribution in [0.4, 0.5) is 0 Å². The summed E-state index contributed by atoms with van der Waals surface area (Å²) in [5.74, 6) is 0. The fourth-order valence-electron chi connectivity index (χ4n) is 1.08. The molecular formula is C8H9NOS. The summed E-state index contributed by atoms with van der Waals surface area (Å²) >= 11 is 4.48. The molecule has 0 aliphatic carbocycles. The van der Waals surface area contributed by atoms with E-state index in [0.717, 1.165) is 5.69 Å². The van der Waals surface area contributed by atoms with Gasteiger partial charge in [0, 0.05) is 6.20 Å². The predicted molar refractivity (Wildman–Crippen MR) is 45.7 cm³/mol. The van der Waals surface area contributed by atoms with Gasteiger partial charge in [-0.15, -0.1) is 0 Å². The Balaban J connectivity index is 2.29. The van der Waals surface area contributed by atoms with Crippen molar-refractivity contribution in [3.63, 3.8) is 0 Å². The van der Waals surface area contributed by atoms with Gasteiger partial charge in [-0.2, -0.15) is 12.6 Å². The molecule has 1 fully saturated rings. The van der Waals surface area contributed by atoms with E-state index in [1.54, 1.807) is 6.20 Å². The Morgan fingerprint density at radius 1 is 1.45 bits per heavy atom. The molecule has 2 heterocycles. The maximum atomic E-state index is 5.08. The highest BCUT2D eigenvalue weighted by Gasteiger charge is 2.37. The number of ether oxygens (including phenoxy) is 1. The summed E-state index contributed by atoms with van der Waals surface area (Å²) in [4.78, 5) is 4.22. The molecule has 0 N–H and O–H groups in total. The largest absolute Gasteiger partial charge is 0.378 e. The number of rotatable bonds is 1. The van der Waals surface area contributed by atoms with E-state index in [2.05, 4.69) is 17.6 Å². The van der Waals surface area contributed by atoms with Crippen molar-refractivity contribution in [1.29, 1.82) is 0 Å². The Labute approximate surface area is 71.0 Å². The van der Waals surface area contributed by atoms with Crippen LogP contribution in [0.3, 0.4) is 0 Å². The lowest BCUT2D eigenvalue weighted by atomic mass is 10.0. The molecule has 1 aromatic heterocycles. The van der Waals surface area contributed by atoms with E-state index in [1.165, 1.54) is 0 Å². The zero-order chi connectivity index (χ0) is 7.73. The van der Waals surface area contributed by atoms with Crippen LogP contribution in [0.25, 0.3) is 0 Å². The molecule has 0 unspecified atom stereocenters. The van der Waals surface area contributed by atoms with Gasteiger partial charge in [-0.3, -0.25) is 4.98 Å². The molecule has 3 heteroatoms. The molecule has 1 saturated heterocycles. The number of hydrogen-bond donors (Lipinski definition) is 1. The second-order valence-electron chi connectivity index (χ2n) is 2.74. The third kappa shape index (κ3) is 1.14. The number of thiol groups is 1. The molecule has 2 nitrogen and oxygen atoms in total. The van der Waals surface area contributed by atoms with Gasteiger partial charge >= 0.3 is 0 Å². The molecule has 1 aliphatic rings. The second-order valence-corrected chi connectivity index (χ2v) is 3.60. The van der Waals surface area contributed by atoms with E-state index in [-0.39, 0.29) is 4.75 Å². The Morgan fingerprint density at radius 3 is 2.73 bits per heavy atom. The normalized spacial score (nSPS) is 20.8. The molecule has 0 aromatic carbocycles. The van der Waals surface area contributed by atoms with Gasteiger partial charge in [0.05, 0.1) is 18.9 Å². The third-order valence-electron chi connectivity index (χ3n) is 1.82. The first-order chi connectivity index (χ1) is 5.31. The molecule has 0 bridgehead atoms. The SMILES string of the molecule is SC1(c2ccccn2)COC1. The molecule has 1 aliphatic heterocycles. The summed E-state index contributed by atoms with van der Waals surface area (Å²) in [5.41, 5.74) is 1.01. The van der Waals surface area contributed by atoms with Crippen LogP contribution in [0.15, 0.2) is 24.4 Å².